The number of benzene rings is 1. The topological polar surface area (TPSA) is 97.3 Å². The summed E-state index contributed by atoms with van der Waals surface area (Å²) < 4.78 is 38.2. The van der Waals surface area contributed by atoms with E-state index in [4.69, 9.17) is 9.47 Å². The molecule has 3 heterocycles. The number of hydrogen-bond acceptors (Lipinski definition) is 6. The maximum absolute atomic E-state index is 12.6. The summed E-state index contributed by atoms with van der Waals surface area (Å²) in [7, 11) is -3.55. The monoisotopic (exact) mass is 361 g/mol. The Morgan fingerprint density at radius 3 is 2.84 bits per heavy atom. The third kappa shape index (κ3) is 3.10. The van der Waals surface area contributed by atoms with Gasteiger partial charge in [-0.25, -0.2) is 8.42 Å². The molecule has 0 unspecified atom stereocenters. The third-order valence-electron chi connectivity index (χ3n) is 3.90. The zero-order chi connectivity index (χ0) is 17.4. The Kier molecular flexibility index (Phi) is 3.72. The fraction of sp³-hybridized carbons (Fsp3) is 0.250. The molecule has 0 radical (unpaired) electrons. The fourth-order valence-corrected chi connectivity index (χ4v) is 3.70. The number of fused-ring (bicyclic) bond motifs is 2. The molecule has 0 bridgehead atoms. The van der Waals surface area contributed by atoms with Gasteiger partial charge < -0.3 is 19.7 Å². The molecule has 1 N–H and O–H groups in total. The number of carbonyl (C=O) groups excluding carboxylic acids is 1. The minimum atomic E-state index is -3.55. The van der Waals surface area contributed by atoms with Crippen LogP contribution in [0.3, 0.4) is 0 Å². The van der Waals surface area contributed by atoms with Crippen LogP contribution in [0.5, 0.6) is 11.5 Å². The summed E-state index contributed by atoms with van der Waals surface area (Å²) in [6.45, 7) is 1.21. The molecule has 25 heavy (non-hydrogen) atoms. The van der Waals surface area contributed by atoms with Crippen LogP contribution in [0, 0.1) is 0 Å². The lowest BCUT2D eigenvalue weighted by atomic mass is 10.1. The van der Waals surface area contributed by atoms with Crippen LogP contribution in [0.1, 0.15) is 0 Å². The van der Waals surface area contributed by atoms with Crippen molar-refractivity contribution in [3.05, 3.63) is 42.1 Å². The van der Waals surface area contributed by atoms with Crippen LogP contribution in [-0.2, 0) is 14.8 Å². The van der Waals surface area contributed by atoms with Gasteiger partial charge >= 0.3 is 0 Å². The summed E-state index contributed by atoms with van der Waals surface area (Å²) in [6.07, 6.45) is 4.94. The lowest BCUT2D eigenvalue weighted by Crippen LogP contribution is -2.40. The van der Waals surface area contributed by atoms with Crippen LogP contribution in [0.15, 0.2) is 46.5 Å². The predicted molar refractivity (Wildman–Crippen MR) is 91.2 cm³/mol. The van der Waals surface area contributed by atoms with E-state index in [0.717, 1.165) is 0 Å². The molecule has 0 saturated heterocycles. The molecule has 130 valence electrons. The Hall–Kier alpha value is -2.81. The Balaban J connectivity index is 1.59. The highest BCUT2D eigenvalue weighted by molar-refractivity contribution is 7.90. The first kappa shape index (κ1) is 15.7. The summed E-state index contributed by atoms with van der Waals surface area (Å²) in [6, 6.07) is 5.08. The largest absolute Gasteiger partial charge is 0.486 e. The molecule has 1 aromatic rings. The van der Waals surface area contributed by atoms with Crippen molar-refractivity contribution in [3.63, 3.8) is 0 Å². The first-order chi connectivity index (χ1) is 12.0. The van der Waals surface area contributed by atoms with Gasteiger partial charge in [0.2, 0.25) is 0 Å². The lowest BCUT2D eigenvalue weighted by molar-refractivity contribution is -0.112. The number of anilines is 1. The van der Waals surface area contributed by atoms with Gasteiger partial charge in [-0.15, -0.1) is 4.40 Å². The quantitative estimate of drug-likeness (QED) is 0.840. The average molecular weight is 361 g/mol. The molecule has 0 spiro atoms. The standard InChI is InChI=1S/C16H15N3O5S/c20-16(17-11-3-4-13-14(10-11)24-8-7-23-13)12-2-1-5-19-6-9-25(21,22)18-15(12)19/h1-5,10H,6-9H2,(H,17,20). The van der Waals surface area contributed by atoms with Crippen molar-refractivity contribution in [2.24, 2.45) is 4.40 Å². The van der Waals surface area contributed by atoms with Gasteiger partial charge in [-0.3, -0.25) is 4.79 Å². The van der Waals surface area contributed by atoms with Crippen molar-refractivity contribution in [3.8, 4) is 11.5 Å². The van der Waals surface area contributed by atoms with Crippen LogP contribution in [0.4, 0.5) is 5.69 Å². The highest BCUT2D eigenvalue weighted by Crippen LogP contribution is 2.32. The maximum atomic E-state index is 12.6. The van der Waals surface area contributed by atoms with E-state index in [1.165, 1.54) is 0 Å². The van der Waals surface area contributed by atoms with E-state index in [1.54, 1.807) is 41.5 Å². The second-order valence-corrected chi connectivity index (χ2v) is 7.38. The molecule has 0 fully saturated rings. The maximum Gasteiger partial charge on any atom is 0.259 e. The number of nitrogens with zero attached hydrogens (tertiary/aromatic N) is 2. The van der Waals surface area contributed by atoms with E-state index in [2.05, 4.69) is 9.71 Å². The number of nitrogens with one attached hydrogen (secondary N) is 1. The van der Waals surface area contributed by atoms with Gasteiger partial charge in [0.05, 0.1) is 11.3 Å². The zero-order valence-electron chi connectivity index (χ0n) is 13.1. The van der Waals surface area contributed by atoms with Crippen LogP contribution < -0.4 is 14.8 Å². The summed E-state index contributed by atoms with van der Waals surface area (Å²) in [4.78, 5) is 14.3. The van der Waals surface area contributed by atoms with Gasteiger partial charge in [0.15, 0.2) is 17.3 Å². The molecule has 3 aliphatic rings. The Morgan fingerprint density at radius 1 is 1.20 bits per heavy atom. The fourth-order valence-electron chi connectivity index (χ4n) is 2.71. The summed E-state index contributed by atoms with van der Waals surface area (Å²) in [5, 5.41) is 2.74. The SMILES string of the molecule is O=C(Nc1ccc2c(c1)OCCO2)C1=CC=CN2CCS(=O)(=O)N=C12. The summed E-state index contributed by atoms with van der Waals surface area (Å²) in [5.74, 6) is 0.808. The van der Waals surface area contributed by atoms with Crippen molar-refractivity contribution >= 4 is 27.5 Å². The third-order valence-corrected chi connectivity index (χ3v) is 5.05. The van der Waals surface area contributed by atoms with Crippen LogP contribution in [0.2, 0.25) is 0 Å². The second-order valence-electron chi connectivity index (χ2n) is 5.63. The van der Waals surface area contributed by atoms with E-state index in [0.29, 0.717) is 30.4 Å². The van der Waals surface area contributed by atoms with Gasteiger partial charge in [0.1, 0.15) is 13.2 Å². The van der Waals surface area contributed by atoms with Gasteiger partial charge in [-0.2, -0.15) is 0 Å². The number of rotatable bonds is 2. The number of amidine groups is 1. The van der Waals surface area contributed by atoms with E-state index < -0.39 is 15.9 Å². The second kappa shape index (κ2) is 5.92. The van der Waals surface area contributed by atoms with E-state index in [-0.39, 0.29) is 23.7 Å². The zero-order valence-corrected chi connectivity index (χ0v) is 14.0. The van der Waals surface area contributed by atoms with Crippen molar-refractivity contribution in [1.29, 1.82) is 0 Å². The van der Waals surface area contributed by atoms with Crippen LogP contribution in [-0.4, -0.2) is 50.6 Å². The summed E-state index contributed by atoms with van der Waals surface area (Å²) in [5.41, 5.74) is 0.719. The number of amides is 1. The molecular weight excluding hydrogens is 346 g/mol. The lowest BCUT2D eigenvalue weighted by Gasteiger charge is -2.28. The predicted octanol–water partition coefficient (Wildman–Crippen LogP) is 0.894. The summed E-state index contributed by atoms with van der Waals surface area (Å²) >= 11 is 0. The Morgan fingerprint density at radius 2 is 2.00 bits per heavy atom. The number of allylic oxidation sites excluding steroid dienone is 2. The average Bonchev–Trinajstić information content (AvgIpc) is 2.60. The molecule has 1 amide bonds. The molecule has 0 atom stereocenters. The number of ether oxygens (including phenoxy) is 2. The van der Waals surface area contributed by atoms with E-state index in [9.17, 15) is 13.2 Å². The molecule has 0 aromatic heterocycles. The van der Waals surface area contributed by atoms with Crippen molar-refractivity contribution in [2.75, 3.05) is 30.8 Å². The van der Waals surface area contributed by atoms with E-state index in [1.807, 2.05) is 0 Å². The molecule has 3 aliphatic heterocycles. The number of hydrogen-bond donors (Lipinski definition) is 1. The molecule has 8 nitrogen and oxygen atoms in total. The van der Waals surface area contributed by atoms with Crippen molar-refractivity contribution in [2.45, 2.75) is 0 Å². The molecular formula is C16H15N3O5S. The van der Waals surface area contributed by atoms with Crippen molar-refractivity contribution < 1.29 is 22.7 Å². The molecule has 0 aliphatic carbocycles. The van der Waals surface area contributed by atoms with Crippen molar-refractivity contribution in [1.82, 2.24) is 4.90 Å². The number of sulfonamides is 1. The smallest absolute Gasteiger partial charge is 0.259 e. The van der Waals surface area contributed by atoms with Gasteiger partial charge in [-0.05, 0) is 24.3 Å². The van der Waals surface area contributed by atoms with Crippen LogP contribution >= 0.6 is 0 Å². The molecule has 1 aromatic carbocycles. The van der Waals surface area contributed by atoms with E-state index >= 15 is 0 Å². The first-order valence-electron chi connectivity index (χ1n) is 7.71. The number of carbonyl (C=O) groups is 1. The molecule has 9 heteroatoms. The highest BCUT2D eigenvalue weighted by Gasteiger charge is 2.30. The Labute approximate surface area is 144 Å². The Bertz CT molecular complexity index is 933. The van der Waals surface area contributed by atoms with Gasteiger partial charge in [0.25, 0.3) is 15.9 Å². The van der Waals surface area contributed by atoms with Gasteiger partial charge in [-0.1, -0.05) is 0 Å². The minimum Gasteiger partial charge on any atom is -0.486 e. The minimum absolute atomic E-state index is 0.0715. The highest BCUT2D eigenvalue weighted by atomic mass is 32.2. The normalized spacial score (nSPS) is 20.2. The molecule has 4 rings (SSSR count). The first-order valence-corrected chi connectivity index (χ1v) is 9.32. The van der Waals surface area contributed by atoms with Gasteiger partial charge in [0, 0.05) is 24.5 Å². The van der Waals surface area contributed by atoms with Crippen LogP contribution in [0.25, 0.3) is 0 Å². The molecule has 0 saturated carbocycles.